The number of benzene rings is 4. The summed E-state index contributed by atoms with van der Waals surface area (Å²) in [6.45, 7) is 2.76. The Labute approximate surface area is 206 Å². The molecule has 0 unspecified atom stereocenters. The summed E-state index contributed by atoms with van der Waals surface area (Å²) >= 11 is 7.92. The van der Waals surface area contributed by atoms with E-state index in [1.165, 1.54) is 16.3 Å². The molecule has 5 rings (SSSR count). The van der Waals surface area contributed by atoms with Crippen LogP contribution in [0.3, 0.4) is 0 Å². The molecular weight excluding hydrogens is 467 g/mol. The molecule has 3 nitrogen and oxygen atoms in total. The van der Waals surface area contributed by atoms with Crippen molar-refractivity contribution < 1.29 is 9.13 Å². The zero-order valence-corrected chi connectivity index (χ0v) is 20.1. The molecule has 0 amide bonds. The van der Waals surface area contributed by atoms with Crippen molar-refractivity contribution in [1.29, 1.82) is 0 Å². The van der Waals surface area contributed by atoms with Gasteiger partial charge in [-0.05, 0) is 73.2 Å². The smallest absolute Gasteiger partial charge is 0.129 e. The maximum absolute atomic E-state index is 13.9. The molecule has 0 aliphatic heterocycles. The van der Waals surface area contributed by atoms with Gasteiger partial charge in [0.1, 0.15) is 23.2 Å². The predicted octanol–water partition coefficient (Wildman–Crippen LogP) is 8.26. The van der Waals surface area contributed by atoms with Crippen LogP contribution >= 0.6 is 22.9 Å². The number of hydrogen-bond acceptors (Lipinski definition) is 4. The van der Waals surface area contributed by atoms with Crippen LogP contribution in [0.15, 0.2) is 84.9 Å². The molecule has 0 atom stereocenters. The summed E-state index contributed by atoms with van der Waals surface area (Å²) in [5.74, 6) is 0.390. The van der Waals surface area contributed by atoms with Gasteiger partial charge in [0.05, 0.1) is 10.2 Å². The highest BCUT2D eigenvalue weighted by Gasteiger charge is 2.09. The summed E-state index contributed by atoms with van der Waals surface area (Å²) in [5, 5.41) is 5.05. The van der Waals surface area contributed by atoms with Crippen LogP contribution in [0.25, 0.3) is 20.8 Å². The van der Waals surface area contributed by atoms with E-state index in [-0.39, 0.29) is 12.4 Å². The SMILES string of the molecule is Cc1ccc2nc(-c3ccc(NCc4cc(Cl)ccc4OCc4ccccc4F)cc3)sc2c1. The zero-order valence-electron chi connectivity index (χ0n) is 18.5. The molecule has 1 aromatic heterocycles. The third-order valence-corrected chi connectivity index (χ3v) is 6.82. The number of halogens is 2. The van der Waals surface area contributed by atoms with E-state index in [0.717, 1.165) is 27.3 Å². The fourth-order valence-electron chi connectivity index (χ4n) is 3.68. The lowest BCUT2D eigenvalue weighted by Crippen LogP contribution is -2.04. The van der Waals surface area contributed by atoms with Crippen molar-refractivity contribution in [1.82, 2.24) is 4.98 Å². The van der Waals surface area contributed by atoms with Gasteiger partial charge >= 0.3 is 0 Å². The summed E-state index contributed by atoms with van der Waals surface area (Å²) in [6.07, 6.45) is 0. The van der Waals surface area contributed by atoms with Crippen LogP contribution in [0.2, 0.25) is 5.02 Å². The zero-order chi connectivity index (χ0) is 23.5. The number of nitrogens with one attached hydrogen (secondary N) is 1. The Balaban J connectivity index is 1.28. The van der Waals surface area contributed by atoms with Crippen LogP contribution in [0.4, 0.5) is 10.1 Å². The molecule has 0 aliphatic carbocycles. The first-order valence-electron chi connectivity index (χ1n) is 10.9. The minimum atomic E-state index is -0.278. The van der Waals surface area contributed by atoms with Gasteiger partial charge < -0.3 is 10.1 Å². The second kappa shape index (κ2) is 9.84. The molecular formula is C28H22ClFN2OS. The highest BCUT2D eigenvalue weighted by atomic mass is 35.5. The van der Waals surface area contributed by atoms with E-state index in [1.54, 1.807) is 35.6 Å². The molecule has 0 fully saturated rings. The molecule has 0 bridgehead atoms. The Hall–Kier alpha value is -3.41. The fourth-order valence-corrected chi connectivity index (χ4v) is 4.95. The largest absolute Gasteiger partial charge is 0.488 e. The second-order valence-corrected chi connectivity index (χ2v) is 9.52. The average Bonchev–Trinajstić information content (AvgIpc) is 3.26. The van der Waals surface area contributed by atoms with Gasteiger partial charge in [-0.3, -0.25) is 0 Å². The third kappa shape index (κ3) is 5.06. The van der Waals surface area contributed by atoms with Crippen molar-refractivity contribution in [2.75, 3.05) is 5.32 Å². The van der Waals surface area contributed by atoms with Gasteiger partial charge in [-0.2, -0.15) is 0 Å². The Bertz CT molecular complexity index is 1450. The summed E-state index contributed by atoms with van der Waals surface area (Å²) in [6, 6.07) is 26.6. The van der Waals surface area contributed by atoms with Gasteiger partial charge in [-0.1, -0.05) is 35.9 Å². The molecule has 0 saturated carbocycles. The van der Waals surface area contributed by atoms with Crippen LogP contribution in [0, 0.1) is 12.7 Å². The van der Waals surface area contributed by atoms with Crippen LogP contribution in [-0.4, -0.2) is 4.98 Å². The van der Waals surface area contributed by atoms with E-state index in [0.29, 0.717) is 22.9 Å². The van der Waals surface area contributed by atoms with Crippen molar-refractivity contribution in [3.63, 3.8) is 0 Å². The van der Waals surface area contributed by atoms with Crippen molar-refractivity contribution in [2.24, 2.45) is 0 Å². The van der Waals surface area contributed by atoms with E-state index in [2.05, 4.69) is 42.6 Å². The van der Waals surface area contributed by atoms with Crippen LogP contribution in [0.1, 0.15) is 16.7 Å². The number of thiazole rings is 1. The highest BCUT2D eigenvalue weighted by molar-refractivity contribution is 7.21. The minimum Gasteiger partial charge on any atom is -0.488 e. The number of fused-ring (bicyclic) bond motifs is 1. The summed E-state index contributed by atoms with van der Waals surface area (Å²) in [4.78, 5) is 4.76. The van der Waals surface area contributed by atoms with Crippen molar-refractivity contribution in [2.45, 2.75) is 20.1 Å². The Morgan fingerprint density at radius 1 is 0.941 bits per heavy atom. The molecule has 0 radical (unpaired) electrons. The maximum Gasteiger partial charge on any atom is 0.129 e. The quantitative estimate of drug-likeness (QED) is 0.250. The molecule has 4 aromatic carbocycles. The van der Waals surface area contributed by atoms with Gasteiger partial charge in [-0.15, -0.1) is 11.3 Å². The van der Waals surface area contributed by atoms with Gasteiger partial charge in [-0.25, -0.2) is 9.37 Å². The summed E-state index contributed by atoms with van der Waals surface area (Å²) in [5.41, 5.74) is 5.73. The van der Waals surface area contributed by atoms with E-state index in [1.807, 2.05) is 24.3 Å². The van der Waals surface area contributed by atoms with Gasteiger partial charge in [0.2, 0.25) is 0 Å². The highest BCUT2D eigenvalue weighted by Crippen LogP contribution is 2.32. The Morgan fingerprint density at radius 3 is 2.59 bits per heavy atom. The van der Waals surface area contributed by atoms with Gasteiger partial charge in [0.15, 0.2) is 0 Å². The van der Waals surface area contributed by atoms with Gasteiger partial charge in [0, 0.05) is 33.9 Å². The molecule has 1 N–H and O–H groups in total. The molecule has 0 aliphatic rings. The van der Waals surface area contributed by atoms with Crippen molar-refractivity contribution >= 4 is 38.8 Å². The molecule has 34 heavy (non-hydrogen) atoms. The molecule has 0 spiro atoms. The number of ether oxygens (including phenoxy) is 1. The molecule has 5 aromatic rings. The lowest BCUT2D eigenvalue weighted by Gasteiger charge is -2.14. The molecule has 0 saturated heterocycles. The lowest BCUT2D eigenvalue weighted by atomic mass is 10.1. The average molecular weight is 489 g/mol. The van der Waals surface area contributed by atoms with E-state index in [4.69, 9.17) is 21.3 Å². The Kier molecular flexibility index (Phi) is 6.48. The minimum absolute atomic E-state index is 0.150. The number of aromatic nitrogens is 1. The van der Waals surface area contributed by atoms with E-state index < -0.39 is 0 Å². The van der Waals surface area contributed by atoms with Crippen LogP contribution < -0.4 is 10.1 Å². The van der Waals surface area contributed by atoms with Gasteiger partial charge in [0.25, 0.3) is 0 Å². The first kappa shape index (κ1) is 22.4. The Morgan fingerprint density at radius 2 is 1.76 bits per heavy atom. The fraction of sp³-hybridized carbons (Fsp3) is 0.107. The second-order valence-electron chi connectivity index (χ2n) is 8.05. The molecule has 1 heterocycles. The number of rotatable bonds is 7. The number of hydrogen-bond donors (Lipinski definition) is 1. The van der Waals surface area contributed by atoms with Crippen molar-refractivity contribution in [3.8, 4) is 16.3 Å². The van der Waals surface area contributed by atoms with E-state index >= 15 is 0 Å². The van der Waals surface area contributed by atoms with E-state index in [9.17, 15) is 4.39 Å². The third-order valence-electron chi connectivity index (χ3n) is 5.52. The normalized spacial score (nSPS) is 11.0. The molecule has 6 heteroatoms. The van der Waals surface area contributed by atoms with Crippen LogP contribution in [-0.2, 0) is 13.2 Å². The maximum atomic E-state index is 13.9. The van der Waals surface area contributed by atoms with Crippen molar-refractivity contribution in [3.05, 3.63) is 112 Å². The van der Waals surface area contributed by atoms with Crippen LogP contribution in [0.5, 0.6) is 5.75 Å². The predicted molar refractivity (Wildman–Crippen MR) is 139 cm³/mol. The summed E-state index contributed by atoms with van der Waals surface area (Å²) < 4.78 is 21.1. The first-order valence-corrected chi connectivity index (χ1v) is 12.1. The number of anilines is 1. The molecule has 170 valence electrons. The monoisotopic (exact) mass is 488 g/mol. The topological polar surface area (TPSA) is 34.2 Å². The number of nitrogens with zero attached hydrogens (tertiary/aromatic N) is 1. The summed E-state index contributed by atoms with van der Waals surface area (Å²) in [7, 11) is 0. The first-order chi connectivity index (χ1) is 16.5. The number of aryl methyl sites for hydroxylation is 1. The standard InChI is InChI=1S/C28H22ClFN2OS/c1-18-6-12-25-27(14-18)34-28(32-25)19-7-10-23(11-8-19)31-16-21-15-22(29)9-13-26(21)33-17-20-4-2-3-5-24(20)30/h2-15,31H,16-17H2,1H3. The lowest BCUT2D eigenvalue weighted by molar-refractivity contribution is 0.297.